The highest BCUT2D eigenvalue weighted by atomic mass is 19.1. The topological polar surface area (TPSA) is 84.7 Å². The number of aromatic nitrogens is 3. The molecule has 1 aliphatic rings. The van der Waals surface area contributed by atoms with E-state index < -0.39 is 11.8 Å². The Kier molecular flexibility index (Phi) is 10.8. The van der Waals surface area contributed by atoms with Gasteiger partial charge in [0.1, 0.15) is 23.5 Å². The number of nitrogens with zero attached hydrogens (tertiary/aromatic N) is 3. The number of aryl methyl sites for hydroxylation is 2. The molecule has 2 atom stereocenters. The minimum atomic E-state index is -0.569. The smallest absolute Gasteiger partial charge is 0.341 e. The Morgan fingerprint density at radius 1 is 1.19 bits per heavy atom. The normalized spacial score (nSPS) is 16.4. The van der Waals surface area contributed by atoms with Crippen molar-refractivity contribution in [3.8, 4) is 28.3 Å². The first-order chi connectivity index (χ1) is 17.4. The fourth-order valence-electron chi connectivity index (χ4n) is 4.38. The lowest BCUT2D eigenvalue weighted by molar-refractivity contribution is 0.0526. The van der Waals surface area contributed by atoms with Gasteiger partial charge in [-0.1, -0.05) is 27.3 Å². The average molecular weight is 516 g/mol. The first-order valence-electron chi connectivity index (χ1n) is 12.1. The molecule has 1 fully saturated rings. The Hall–Kier alpha value is -3.30. The Morgan fingerprint density at radius 3 is 2.54 bits per heavy atom. The number of hydrogen-bond donors (Lipinski definition) is 0. The van der Waals surface area contributed by atoms with E-state index in [9.17, 15) is 4.79 Å². The number of halogens is 1. The van der Waals surface area contributed by atoms with E-state index in [2.05, 4.69) is 10.1 Å². The van der Waals surface area contributed by atoms with Crippen LogP contribution in [0.5, 0.6) is 5.88 Å². The van der Waals surface area contributed by atoms with Gasteiger partial charge < -0.3 is 18.9 Å². The van der Waals surface area contributed by atoms with E-state index in [1.54, 1.807) is 30.8 Å². The molecule has 0 bridgehead atoms. The molecule has 37 heavy (non-hydrogen) atoms. The van der Waals surface area contributed by atoms with Crippen molar-refractivity contribution in [2.24, 2.45) is 0 Å². The first-order valence-corrected chi connectivity index (χ1v) is 12.1. The largest absolute Gasteiger partial charge is 0.481 e. The lowest BCUT2D eigenvalue weighted by Gasteiger charge is -2.20. The molecule has 8 nitrogen and oxygen atoms in total. The number of carbonyl (C=O) groups excluding carboxylic acids is 1. The van der Waals surface area contributed by atoms with E-state index in [1.807, 2.05) is 33.8 Å². The van der Waals surface area contributed by atoms with Gasteiger partial charge in [-0.3, -0.25) is 4.68 Å². The van der Waals surface area contributed by atoms with Gasteiger partial charge in [0.05, 0.1) is 38.8 Å². The van der Waals surface area contributed by atoms with Crippen LogP contribution in [-0.2, 0) is 14.2 Å². The minimum absolute atomic E-state index is 0. The van der Waals surface area contributed by atoms with Crippen LogP contribution < -0.4 is 4.74 Å². The lowest BCUT2D eigenvalue weighted by Crippen LogP contribution is -2.26. The lowest BCUT2D eigenvalue weighted by atomic mass is 9.98. The number of benzene rings is 1. The third-order valence-electron chi connectivity index (χ3n) is 5.93. The van der Waals surface area contributed by atoms with E-state index >= 15 is 4.39 Å². The van der Waals surface area contributed by atoms with E-state index in [4.69, 9.17) is 18.9 Å². The van der Waals surface area contributed by atoms with Crippen LogP contribution in [0.1, 0.15) is 55.9 Å². The first kappa shape index (κ1) is 29.9. The maximum Gasteiger partial charge on any atom is 0.341 e. The molecule has 0 aliphatic carbocycles. The summed E-state index contributed by atoms with van der Waals surface area (Å²) in [6, 6.07) is 6.44. The Labute approximate surface area is 218 Å². The second-order valence-corrected chi connectivity index (χ2v) is 8.11. The van der Waals surface area contributed by atoms with Gasteiger partial charge in [-0.05, 0) is 50.1 Å². The van der Waals surface area contributed by atoms with Crippen molar-refractivity contribution >= 4 is 5.97 Å². The van der Waals surface area contributed by atoms with Crippen molar-refractivity contribution in [3.63, 3.8) is 0 Å². The minimum Gasteiger partial charge on any atom is -0.481 e. The zero-order valence-electron chi connectivity index (χ0n) is 21.9. The molecule has 1 aromatic carbocycles. The number of carbonyl (C=O) groups is 1. The number of pyridine rings is 1. The van der Waals surface area contributed by atoms with E-state index in [-0.39, 0.29) is 37.3 Å². The van der Waals surface area contributed by atoms with Crippen molar-refractivity contribution < 1.29 is 28.1 Å². The highest BCUT2D eigenvalue weighted by Gasteiger charge is 2.35. The maximum atomic E-state index is 15.7. The molecule has 202 valence electrons. The molecule has 0 spiro atoms. The van der Waals surface area contributed by atoms with Gasteiger partial charge in [0.15, 0.2) is 0 Å². The van der Waals surface area contributed by atoms with Crippen molar-refractivity contribution in [1.29, 1.82) is 0 Å². The number of ether oxygens (including phenoxy) is 4. The molecule has 3 aromatic rings. The van der Waals surface area contributed by atoms with Crippen molar-refractivity contribution in [2.45, 2.75) is 54.2 Å². The second kappa shape index (κ2) is 13.3. The molecule has 0 N–H and O–H groups in total. The van der Waals surface area contributed by atoms with Gasteiger partial charge in [0.25, 0.3) is 0 Å². The molecule has 0 unspecified atom stereocenters. The third-order valence-corrected chi connectivity index (χ3v) is 5.93. The fraction of sp³-hybridized carbons (Fsp3) is 0.464. The van der Waals surface area contributed by atoms with Crippen LogP contribution in [-0.4, -0.2) is 60.9 Å². The van der Waals surface area contributed by atoms with Gasteiger partial charge in [-0.25, -0.2) is 14.2 Å². The zero-order valence-corrected chi connectivity index (χ0v) is 21.9. The Morgan fingerprint density at radius 2 is 1.92 bits per heavy atom. The van der Waals surface area contributed by atoms with Crippen molar-refractivity contribution in [2.75, 3.05) is 34.0 Å². The molecule has 0 saturated carbocycles. The summed E-state index contributed by atoms with van der Waals surface area (Å²) in [6.45, 7) is 10.4. The summed E-state index contributed by atoms with van der Waals surface area (Å²) in [4.78, 5) is 17.1. The summed E-state index contributed by atoms with van der Waals surface area (Å²) in [5.74, 6) is -0.659. The van der Waals surface area contributed by atoms with Crippen LogP contribution >= 0.6 is 0 Å². The van der Waals surface area contributed by atoms with Crippen LogP contribution in [0.3, 0.4) is 0 Å². The SMILES string of the molecule is C.CC.CCOC(=O)c1cnn([C@@H]2COC[C@H]2OC)c1-c1ccc(-c2c(C)cc(C)nc2OC)cc1F. The second-order valence-electron chi connectivity index (χ2n) is 8.11. The standard InChI is InChI=1S/C25H28FN3O5.C2H6.CH4/c1-6-34-25(30)18-11-27-29(20-12-33-13-21(20)31-4)23(18)17-8-7-16(10-19(17)26)22-14(2)9-15(3)28-24(22)32-5;1-2;/h7-11,20-21H,6,12-13H2,1-5H3;1-2H3;1H4/t20-,21-;;/m1../s1. The summed E-state index contributed by atoms with van der Waals surface area (Å²) in [6.07, 6.45) is 1.13. The van der Waals surface area contributed by atoms with Gasteiger partial charge in [-0.2, -0.15) is 5.10 Å². The van der Waals surface area contributed by atoms with Crippen LogP contribution in [0.15, 0.2) is 30.5 Å². The Bertz CT molecular complexity index is 1210. The molecule has 9 heteroatoms. The maximum absolute atomic E-state index is 15.7. The van der Waals surface area contributed by atoms with Gasteiger partial charge in [0, 0.05) is 23.9 Å². The number of rotatable bonds is 7. The Balaban J connectivity index is 0.00000157. The number of methoxy groups -OCH3 is 2. The molecule has 1 saturated heterocycles. The molecule has 0 radical (unpaired) electrons. The number of esters is 1. The van der Waals surface area contributed by atoms with Crippen LogP contribution in [0.2, 0.25) is 0 Å². The molecule has 0 amide bonds. The van der Waals surface area contributed by atoms with Gasteiger partial charge in [0.2, 0.25) is 5.88 Å². The van der Waals surface area contributed by atoms with E-state index in [0.717, 1.165) is 11.3 Å². The molecule has 3 heterocycles. The summed E-state index contributed by atoms with van der Waals surface area (Å²) < 4.78 is 39.1. The average Bonchev–Trinajstić information content (AvgIpc) is 3.51. The molecule has 1 aliphatic heterocycles. The van der Waals surface area contributed by atoms with Crippen molar-refractivity contribution in [1.82, 2.24) is 14.8 Å². The quantitative estimate of drug-likeness (QED) is 0.368. The summed E-state index contributed by atoms with van der Waals surface area (Å²) in [5, 5.41) is 4.41. The summed E-state index contributed by atoms with van der Waals surface area (Å²) >= 11 is 0. The molecular weight excluding hydrogens is 477 g/mol. The number of hydrogen-bond acceptors (Lipinski definition) is 7. The molecule has 2 aromatic heterocycles. The summed E-state index contributed by atoms with van der Waals surface area (Å²) in [5.41, 5.74) is 3.78. The van der Waals surface area contributed by atoms with Crippen molar-refractivity contribution in [3.05, 3.63) is 53.1 Å². The van der Waals surface area contributed by atoms with Gasteiger partial charge >= 0.3 is 5.97 Å². The van der Waals surface area contributed by atoms with Crippen LogP contribution in [0.25, 0.3) is 22.4 Å². The summed E-state index contributed by atoms with van der Waals surface area (Å²) in [7, 11) is 3.12. The van der Waals surface area contributed by atoms with E-state index in [0.29, 0.717) is 35.9 Å². The molecule has 4 rings (SSSR count). The highest BCUT2D eigenvalue weighted by molar-refractivity contribution is 5.96. The van der Waals surface area contributed by atoms with E-state index in [1.165, 1.54) is 19.4 Å². The third kappa shape index (κ3) is 5.99. The van der Waals surface area contributed by atoms with Gasteiger partial charge in [-0.15, -0.1) is 0 Å². The van der Waals surface area contributed by atoms with Crippen LogP contribution in [0.4, 0.5) is 4.39 Å². The highest BCUT2D eigenvalue weighted by Crippen LogP contribution is 2.37. The molecular formula is C28H38FN3O5. The predicted molar refractivity (Wildman–Crippen MR) is 142 cm³/mol. The fourth-order valence-corrected chi connectivity index (χ4v) is 4.38. The predicted octanol–water partition coefficient (Wildman–Crippen LogP) is 5.80. The van der Waals surface area contributed by atoms with Crippen LogP contribution in [0, 0.1) is 19.7 Å². The zero-order chi connectivity index (χ0) is 26.4. The monoisotopic (exact) mass is 515 g/mol.